The van der Waals surface area contributed by atoms with Crippen LogP contribution in [0.2, 0.25) is 0 Å². The van der Waals surface area contributed by atoms with Crippen LogP contribution in [0.25, 0.3) is 184 Å². The van der Waals surface area contributed by atoms with Crippen LogP contribution >= 0.6 is 0 Å². The summed E-state index contributed by atoms with van der Waals surface area (Å²) in [7, 11) is 0. The van der Waals surface area contributed by atoms with E-state index in [2.05, 4.69) is 240 Å². The lowest BCUT2D eigenvalue weighted by Gasteiger charge is -2.21. The van der Waals surface area contributed by atoms with Crippen molar-refractivity contribution in [3.05, 3.63) is 345 Å². The molecule has 0 saturated heterocycles. The van der Waals surface area contributed by atoms with Crippen LogP contribution in [0.4, 0.5) is 0 Å². The summed E-state index contributed by atoms with van der Waals surface area (Å²) in [6.45, 7) is 4.68. The molecule has 20 aromatic rings. The first-order valence-corrected chi connectivity index (χ1v) is 34.8. The summed E-state index contributed by atoms with van der Waals surface area (Å²) in [6.07, 6.45) is 0. The Hall–Kier alpha value is -13.7. The molecule has 0 radical (unpaired) electrons. The zero-order chi connectivity index (χ0) is 68.3. The summed E-state index contributed by atoms with van der Waals surface area (Å²) >= 11 is 0. The van der Waals surface area contributed by atoms with Crippen molar-refractivity contribution in [1.29, 1.82) is 0 Å². The summed E-state index contributed by atoms with van der Waals surface area (Å²) in [4.78, 5) is 29.5. The van der Waals surface area contributed by atoms with Gasteiger partial charge in [-0.2, -0.15) is 0 Å². The van der Waals surface area contributed by atoms with Crippen molar-refractivity contribution in [2.75, 3.05) is 0 Å². The molecule has 0 spiro atoms. The fourth-order valence-corrected chi connectivity index (χ4v) is 15.8. The Balaban J connectivity index is 0.000000141. The van der Waals surface area contributed by atoms with E-state index in [1.807, 2.05) is 121 Å². The number of fused-ring (bicyclic) bond motifs is 17. The smallest absolute Gasteiger partial charge is 0.164 e. The highest BCUT2D eigenvalue weighted by Gasteiger charge is 2.36. The predicted octanol–water partition coefficient (Wildman–Crippen LogP) is 23.2. The number of furan rings is 1. The third-order valence-corrected chi connectivity index (χ3v) is 20.6. The number of para-hydroxylation sites is 4. The van der Waals surface area contributed by atoms with Crippen molar-refractivity contribution >= 4 is 87.4 Å². The highest BCUT2D eigenvalue weighted by Crippen LogP contribution is 2.52. The minimum atomic E-state index is -0.0726. The molecule has 103 heavy (non-hydrogen) atoms. The molecule has 0 fully saturated rings. The molecule has 6 aromatic heterocycles. The van der Waals surface area contributed by atoms with E-state index in [-0.39, 0.29) is 5.41 Å². The van der Waals surface area contributed by atoms with Gasteiger partial charge < -0.3 is 18.1 Å². The quantitative estimate of drug-likeness (QED) is 0.142. The monoisotopic (exact) mass is 1320 g/mol. The Morgan fingerprint density at radius 3 is 0.990 bits per heavy atom. The largest absolute Gasteiger partial charge is 0.455 e. The van der Waals surface area contributed by atoms with Gasteiger partial charge in [-0.05, 0) is 138 Å². The lowest BCUT2D eigenvalue weighted by Crippen LogP contribution is -2.14. The molecule has 484 valence electrons. The Morgan fingerprint density at radius 1 is 0.233 bits per heavy atom. The van der Waals surface area contributed by atoms with Crippen molar-refractivity contribution in [1.82, 2.24) is 43.6 Å². The van der Waals surface area contributed by atoms with E-state index in [1.54, 1.807) is 0 Å². The summed E-state index contributed by atoms with van der Waals surface area (Å²) in [5.74, 6) is 3.88. The van der Waals surface area contributed by atoms with Gasteiger partial charge in [-0.3, -0.25) is 0 Å². The van der Waals surface area contributed by atoms with Gasteiger partial charge in [0.1, 0.15) is 11.2 Å². The first-order chi connectivity index (χ1) is 50.8. The number of hydrogen-bond donors (Lipinski definition) is 0. The number of rotatable bonds is 9. The molecular formula is C93H61N9O. The second-order valence-electron chi connectivity index (χ2n) is 26.9. The molecule has 1 aliphatic rings. The van der Waals surface area contributed by atoms with Gasteiger partial charge in [0.25, 0.3) is 0 Å². The van der Waals surface area contributed by atoms with Gasteiger partial charge in [0.15, 0.2) is 34.9 Å². The van der Waals surface area contributed by atoms with Gasteiger partial charge in [0.05, 0.1) is 43.9 Å². The minimum Gasteiger partial charge on any atom is -0.455 e. The van der Waals surface area contributed by atoms with Gasteiger partial charge in [0, 0.05) is 88.2 Å². The average Bonchev–Trinajstić information content (AvgIpc) is 1.55. The van der Waals surface area contributed by atoms with Crippen LogP contribution in [-0.2, 0) is 5.41 Å². The van der Waals surface area contributed by atoms with E-state index in [4.69, 9.17) is 34.3 Å². The number of hydrogen-bond acceptors (Lipinski definition) is 7. The number of benzene rings is 14. The summed E-state index contributed by atoms with van der Waals surface area (Å²) in [6, 6.07) is 117. The van der Waals surface area contributed by atoms with Crippen molar-refractivity contribution in [3.8, 4) is 96.5 Å². The van der Waals surface area contributed by atoms with E-state index < -0.39 is 0 Å². The molecule has 0 saturated carbocycles. The number of nitrogens with zero attached hydrogens (tertiary/aromatic N) is 9. The maximum absolute atomic E-state index is 7.12. The molecule has 0 unspecified atom stereocenters. The molecule has 0 N–H and O–H groups in total. The molecule has 0 aliphatic heterocycles. The topological polar surface area (TPSA) is 105 Å². The summed E-state index contributed by atoms with van der Waals surface area (Å²) in [5, 5.41) is 9.27. The lowest BCUT2D eigenvalue weighted by molar-refractivity contribution is 0.661. The molecule has 10 heteroatoms. The van der Waals surface area contributed by atoms with Gasteiger partial charge in [-0.25, -0.2) is 29.9 Å². The number of aromatic nitrogens is 9. The van der Waals surface area contributed by atoms with Crippen molar-refractivity contribution in [2.24, 2.45) is 0 Å². The van der Waals surface area contributed by atoms with Gasteiger partial charge in [-0.15, -0.1) is 0 Å². The van der Waals surface area contributed by atoms with Gasteiger partial charge >= 0.3 is 0 Å². The fraction of sp³-hybridized carbons (Fsp3) is 0.0323. The zero-order valence-electron chi connectivity index (χ0n) is 56.2. The normalized spacial score (nSPS) is 12.4. The maximum Gasteiger partial charge on any atom is 0.164 e. The first kappa shape index (κ1) is 59.4. The van der Waals surface area contributed by atoms with E-state index in [1.165, 1.54) is 49.4 Å². The molecule has 0 bridgehead atoms. The Labute approximate surface area is 592 Å². The SMILES string of the molecule is CC1(C)c2ccccc2-c2cc3c4ccccc4n(-c4ccc(-c5nc(-c6ccccc6)nc(-c6ccccc6)n5)cc4)c3cc21.c1ccc(-c2nc(-c3ccccc3)nc(-c3ccc(-n4c5ccccc5c5c6oc7c(ccc8c7c7ccccc7n8-c7ccccc7)c6ccc54)cc3)n2)cc1. The van der Waals surface area contributed by atoms with Crippen LogP contribution < -0.4 is 0 Å². The van der Waals surface area contributed by atoms with Gasteiger partial charge in [-0.1, -0.05) is 232 Å². The van der Waals surface area contributed by atoms with E-state index >= 15 is 0 Å². The van der Waals surface area contributed by atoms with Crippen molar-refractivity contribution < 1.29 is 4.42 Å². The third-order valence-electron chi connectivity index (χ3n) is 20.6. The standard InChI is InChI=1S/C51H31N5O.C42H30N4/c1-4-14-32(15-5-1)49-52-50(33-16-6-2-7-17-33)54-51(53-49)34-24-26-36(27-25-34)56-42-23-13-11-21-40(42)46-44(56)31-29-38-37-28-30-43-45(47(37)57-48(38)46)39-20-10-12-22-41(39)55(43)35-18-8-3-9-19-35;1-42(2)35-19-11-9-17-31(35)33-25-34-32-18-10-12-20-37(32)46(38(34)26-36(33)42)30-23-21-29(22-24-30)41-44-39(27-13-5-3-6-14-27)43-40(45-41)28-15-7-4-8-16-28/h1-31H;3-26H,1-2H3. The zero-order valence-corrected chi connectivity index (χ0v) is 56.2. The van der Waals surface area contributed by atoms with Crippen LogP contribution in [0.5, 0.6) is 0 Å². The maximum atomic E-state index is 7.12. The molecule has 10 nitrogen and oxygen atoms in total. The van der Waals surface area contributed by atoms with E-state index in [0.29, 0.717) is 34.9 Å². The fourth-order valence-electron chi connectivity index (χ4n) is 15.8. The highest BCUT2D eigenvalue weighted by molar-refractivity contribution is 6.29. The van der Waals surface area contributed by atoms with Crippen LogP contribution in [0, 0.1) is 0 Å². The molecule has 14 aromatic carbocycles. The van der Waals surface area contributed by atoms with Crippen molar-refractivity contribution in [2.45, 2.75) is 19.3 Å². The molecule has 1 aliphatic carbocycles. The van der Waals surface area contributed by atoms with E-state index in [9.17, 15) is 0 Å². The molecule has 0 amide bonds. The van der Waals surface area contributed by atoms with Crippen LogP contribution in [0.15, 0.2) is 338 Å². The Kier molecular flexibility index (Phi) is 13.7. The highest BCUT2D eigenvalue weighted by atomic mass is 16.3. The summed E-state index contributed by atoms with van der Waals surface area (Å²) in [5.41, 5.74) is 23.0. The van der Waals surface area contributed by atoms with Crippen molar-refractivity contribution in [3.63, 3.8) is 0 Å². The molecule has 6 heterocycles. The molecule has 0 atom stereocenters. The lowest BCUT2D eigenvalue weighted by atomic mass is 9.82. The van der Waals surface area contributed by atoms with Crippen LogP contribution in [0.3, 0.4) is 0 Å². The minimum absolute atomic E-state index is 0.0726. The Bertz CT molecular complexity index is 6610. The Morgan fingerprint density at radius 2 is 0.563 bits per heavy atom. The van der Waals surface area contributed by atoms with Crippen LogP contribution in [-0.4, -0.2) is 43.6 Å². The van der Waals surface area contributed by atoms with Crippen LogP contribution in [0.1, 0.15) is 25.0 Å². The van der Waals surface area contributed by atoms with E-state index in [0.717, 1.165) is 111 Å². The second kappa shape index (κ2) is 23.8. The molecular weight excluding hydrogens is 1260 g/mol. The second-order valence-corrected chi connectivity index (χ2v) is 26.9. The van der Waals surface area contributed by atoms with Gasteiger partial charge in [0.2, 0.25) is 0 Å². The summed E-state index contributed by atoms with van der Waals surface area (Å²) < 4.78 is 14.2. The third kappa shape index (κ3) is 9.71. The first-order valence-electron chi connectivity index (χ1n) is 34.8. The molecule has 21 rings (SSSR count). The predicted molar refractivity (Wildman–Crippen MR) is 420 cm³/mol. The average molecular weight is 1320 g/mol.